The van der Waals surface area contributed by atoms with Crippen LogP contribution < -0.4 is 20.5 Å². The van der Waals surface area contributed by atoms with Crippen LogP contribution in [0.25, 0.3) is 0 Å². The van der Waals surface area contributed by atoms with Gasteiger partial charge in [0.25, 0.3) is 5.91 Å². The highest BCUT2D eigenvalue weighted by molar-refractivity contribution is 7.88. The minimum absolute atomic E-state index is 0.0403. The lowest BCUT2D eigenvalue weighted by Crippen LogP contribution is -2.41. The summed E-state index contributed by atoms with van der Waals surface area (Å²) in [5.41, 5.74) is 6.75. The lowest BCUT2D eigenvalue weighted by Gasteiger charge is -2.31. The average molecular weight is 537 g/mol. The molecule has 37 heavy (non-hydrogen) atoms. The van der Waals surface area contributed by atoms with E-state index in [0.717, 1.165) is 11.8 Å². The van der Waals surface area contributed by atoms with E-state index in [1.165, 1.54) is 23.5 Å². The lowest BCUT2D eigenvalue weighted by atomic mass is 10.1. The molecule has 12 heteroatoms. The maximum absolute atomic E-state index is 15.6. The van der Waals surface area contributed by atoms with E-state index < -0.39 is 34.0 Å². The van der Waals surface area contributed by atoms with Crippen molar-refractivity contribution in [3.05, 3.63) is 58.9 Å². The fourth-order valence-corrected chi connectivity index (χ4v) is 4.91. The Balaban J connectivity index is 1.77. The summed E-state index contributed by atoms with van der Waals surface area (Å²) in [6, 6.07) is 9.64. The second-order valence-electron chi connectivity index (χ2n) is 8.68. The van der Waals surface area contributed by atoms with E-state index in [4.69, 9.17) is 25.4 Å². The number of nitrogens with zero attached hydrogens (tertiary/aromatic N) is 1. The number of amides is 1. The van der Waals surface area contributed by atoms with Crippen molar-refractivity contribution in [1.29, 1.82) is 5.41 Å². The van der Waals surface area contributed by atoms with Crippen molar-refractivity contribution in [2.45, 2.75) is 38.5 Å². The average Bonchev–Trinajstić information content (AvgIpc) is 2.86. The summed E-state index contributed by atoms with van der Waals surface area (Å²) in [4.78, 5) is 13.0. The van der Waals surface area contributed by atoms with Gasteiger partial charge >= 0.3 is 0 Å². The molecule has 1 aliphatic rings. The molecular formula is C25H33FN4O6S. The van der Waals surface area contributed by atoms with E-state index >= 15 is 4.39 Å². The molecule has 1 atom stereocenters. The molecule has 202 valence electrons. The molecule has 0 bridgehead atoms. The van der Waals surface area contributed by atoms with Gasteiger partial charge in [-0.25, -0.2) is 17.1 Å². The van der Waals surface area contributed by atoms with Gasteiger partial charge in [-0.3, -0.25) is 10.2 Å². The Morgan fingerprint density at radius 3 is 2.43 bits per heavy atom. The van der Waals surface area contributed by atoms with Crippen LogP contribution in [-0.2, 0) is 26.1 Å². The number of benzene rings is 2. The predicted octanol–water partition coefficient (Wildman–Crippen LogP) is 2.32. The van der Waals surface area contributed by atoms with Gasteiger partial charge < -0.3 is 25.3 Å². The number of carbonyl (C=O) groups excluding carboxylic acids is 1. The Hall–Kier alpha value is -3.22. The molecule has 0 saturated carbocycles. The van der Waals surface area contributed by atoms with Crippen molar-refractivity contribution in [3.8, 4) is 11.5 Å². The number of nitrogens with two attached hydrogens (primary N) is 1. The standard InChI is InChI=1S/C25H33FN4O6S/c1-4-35-19-13-20(22(26)21(14-19)36-18-9-11-30(12-10-18)37(3,32)33)23(34-2)25(31)29-15-16-5-7-17(8-6-16)24(27)28/h5-8,13-14,18,23H,4,9-12,15H2,1-3H3,(H3,27,28)(H,29,31). The number of hydrogen-bond donors (Lipinski definition) is 3. The van der Waals surface area contributed by atoms with E-state index in [9.17, 15) is 13.2 Å². The van der Waals surface area contributed by atoms with Crippen LogP contribution in [-0.4, -0.2) is 63.6 Å². The fraction of sp³-hybridized carbons (Fsp3) is 0.440. The van der Waals surface area contributed by atoms with Gasteiger partial charge in [0.1, 0.15) is 17.7 Å². The highest BCUT2D eigenvalue weighted by Gasteiger charge is 2.30. The largest absolute Gasteiger partial charge is 0.494 e. The summed E-state index contributed by atoms with van der Waals surface area (Å²) in [7, 11) is -1.99. The first-order valence-corrected chi connectivity index (χ1v) is 13.7. The van der Waals surface area contributed by atoms with Gasteiger partial charge in [-0.05, 0) is 31.4 Å². The molecule has 1 unspecified atom stereocenters. The SMILES string of the molecule is CCOc1cc(OC2CCN(S(C)(=O)=O)CC2)c(F)c(C(OC)C(=O)NCc2ccc(C(=N)N)cc2)c1. The molecule has 1 saturated heterocycles. The third-order valence-electron chi connectivity index (χ3n) is 6.00. The predicted molar refractivity (Wildman–Crippen MR) is 137 cm³/mol. The molecule has 1 fully saturated rings. The molecule has 4 N–H and O–H groups in total. The van der Waals surface area contributed by atoms with Crippen molar-refractivity contribution in [2.24, 2.45) is 5.73 Å². The Morgan fingerprint density at radius 2 is 1.89 bits per heavy atom. The van der Waals surface area contributed by atoms with Gasteiger partial charge in [-0.2, -0.15) is 0 Å². The zero-order valence-electron chi connectivity index (χ0n) is 21.1. The second kappa shape index (κ2) is 12.3. The van der Waals surface area contributed by atoms with E-state index in [-0.39, 0.29) is 36.8 Å². The van der Waals surface area contributed by atoms with Crippen LogP contribution in [0.1, 0.15) is 42.6 Å². The Bertz CT molecular complexity index is 1210. The van der Waals surface area contributed by atoms with Crippen LogP contribution in [0.5, 0.6) is 11.5 Å². The van der Waals surface area contributed by atoms with E-state index in [2.05, 4.69) is 5.32 Å². The molecular weight excluding hydrogens is 503 g/mol. The summed E-state index contributed by atoms with van der Waals surface area (Å²) in [6.45, 7) is 2.81. The van der Waals surface area contributed by atoms with Crippen molar-refractivity contribution >= 4 is 21.8 Å². The number of rotatable bonds is 11. The van der Waals surface area contributed by atoms with Crippen LogP contribution in [0.4, 0.5) is 4.39 Å². The van der Waals surface area contributed by atoms with Crippen LogP contribution >= 0.6 is 0 Å². The molecule has 3 rings (SSSR count). The zero-order valence-corrected chi connectivity index (χ0v) is 21.9. The molecule has 0 radical (unpaired) electrons. The highest BCUT2D eigenvalue weighted by atomic mass is 32.2. The maximum Gasteiger partial charge on any atom is 0.254 e. The molecule has 0 aromatic heterocycles. The Kier molecular flexibility index (Phi) is 9.46. The van der Waals surface area contributed by atoms with Gasteiger partial charge in [0.15, 0.2) is 17.7 Å². The van der Waals surface area contributed by atoms with Gasteiger partial charge in [0.2, 0.25) is 10.0 Å². The van der Waals surface area contributed by atoms with Gasteiger partial charge in [0, 0.05) is 43.9 Å². The van der Waals surface area contributed by atoms with E-state index in [1.807, 2.05) is 0 Å². The third-order valence-corrected chi connectivity index (χ3v) is 7.31. The highest BCUT2D eigenvalue weighted by Crippen LogP contribution is 2.34. The minimum atomic E-state index is -3.30. The number of halogens is 1. The van der Waals surface area contributed by atoms with Crippen molar-refractivity contribution in [3.63, 3.8) is 0 Å². The molecule has 1 aliphatic heterocycles. The molecule has 0 aliphatic carbocycles. The van der Waals surface area contributed by atoms with E-state index in [0.29, 0.717) is 30.8 Å². The molecule has 2 aromatic rings. The smallest absolute Gasteiger partial charge is 0.254 e. The first-order valence-electron chi connectivity index (χ1n) is 11.8. The number of carbonyl (C=O) groups is 1. The van der Waals surface area contributed by atoms with E-state index in [1.54, 1.807) is 31.2 Å². The quantitative estimate of drug-likeness (QED) is 0.295. The zero-order chi connectivity index (χ0) is 27.2. The summed E-state index contributed by atoms with van der Waals surface area (Å²) in [5.74, 6) is -1.14. The number of piperidine rings is 1. The summed E-state index contributed by atoms with van der Waals surface area (Å²) < 4.78 is 57.4. The first-order chi connectivity index (χ1) is 17.5. The number of sulfonamides is 1. The molecule has 0 spiro atoms. The number of ether oxygens (including phenoxy) is 3. The lowest BCUT2D eigenvalue weighted by molar-refractivity contribution is -0.131. The van der Waals surface area contributed by atoms with Gasteiger partial charge in [0.05, 0.1) is 12.9 Å². The van der Waals surface area contributed by atoms with Crippen LogP contribution in [0.2, 0.25) is 0 Å². The number of amidine groups is 1. The summed E-state index contributed by atoms with van der Waals surface area (Å²) in [5, 5.41) is 10.2. The summed E-state index contributed by atoms with van der Waals surface area (Å²) in [6.07, 6.45) is 0.286. The van der Waals surface area contributed by atoms with Crippen molar-refractivity contribution < 1.29 is 31.8 Å². The molecule has 2 aromatic carbocycles. The number of hydrogen-bond acceptors (Lipinski definition) is 7. The van der Waals surface area contributed by atoms with Crippen molar-refractivity contribution in [2.75, 3.05) is 33.1 Å². The van der Waals surface area contributed by atoms with Crippen molar-refractivity contribution in [1.82, 2.24) is 9.62 Å². The topological polar surface area (TPSA) is 144 Å². The van der Waals surface area contributed by atoms with Gasteiger partial charge in [-0.1, -0.05) is 24.3 Å². The summed E-state index contributed by atoms with van der Waals surface area (Å²) >= 11 is 0. The van der Waals surface area contributed by atoms with Gasteiger partial charge in [-0.15, -0.1) is 0 Å². The first kappa shape index (κ1) is 28.4. The number of methoxy groups -OCH3 is 1. The molecule has 10 nitrogen and oxygen atoms in total. The number of nitrogen functional groups attached to an aromatic ring is 1. The normalized spacial score (nSPS) is 15.7. The molecule has 1 amide bonds. The van der Waals surface area contributed by atoms with Crippen LogP contribution in [0, 0.1) is 11.2 Å². The fourth-order valence-electron chi connectivity index (χ4n) is 4.04. The third kappa shape index (κ3) is 7.40. The van der Waals surface area contributed by atoms with Crippen LogP contribution in [0.15, 0.2) is 36.4 Å². The minimum Gasteiger partial charge on any atom is -0.494 e. The second-order valence-corrected chi connectivity index (χ2v) is 10.7. The van der Waals surface area contributed by atoms with Crippen LogP contribution in [0.3, 0.4) is 0 Å². The maximum atomic E-state index is 15.6. The number of nitrogens with one attached hydrogen (secondary N) is 2. The Morgan fingerprint density at radius 1 is 1.24 bits per heavy atom. The Labute approximate surface area is 216 Å². The molecule has 1 heterocycles. The monoisotopic (exact) mass is 536 g/mol.